The van der Waals surface area contributed by atoms with Crippen molar-refractivity contribution in [1.82, 2.24) is 9.80 Å². The Bertz CT molecular complexity index is 291. The Morgan fingerprint density at radius 3 is 2.00 bits per heavy atom. The van der Waals surface area contributed by atoms with E-state index < -0.39 is 12.4 Å². The summed E-state index contributed by atoms with van der Waals surface area (Å²) in [5.74, 6) is 0. The number of likely N-dealkylation sites (N-methyl/N-ethyl adjacent to an activating group) is 2. The first-order chi connectivity index (χ1) is 7.67. The second-order valence-corrected chi connectivity index (χ2v) is 5.38. The number of hydrogen-bond acceptors (Lipinski definition) is 2. The molecule has 1 rings (SSSR count). The average molecular weight is 288 g/mol. The van der Waals surface area contributed by atoms with Gasteiger partial charge in [-0.15, -0.1) is 12.1 Å². The van der Waals surface area contributed by atoms with Crippen LogP contribution in [0, 0.1) is 0 Å². The van der Waals surface area contributed by atoms with Crippen molar-refractivity contribution in [3.8, 4) is 0 Å². The number of rotatable bonds is 6. The molecule has 0 N–H and O–H groups in total. The zero-order chi connectivity index (χ0) is 13.3. The van der Waals surface area contributed by atoms with E-state index in [1.807, 2.05) is 14.1 Å². The van der Waals surface area contributed by atoms with Gasteiger partial charge in [0.2, 0.25) is 0 Å². The standard InChI is InChI=1S/C11H21BF3N2.K/c1-10(12(13,14)15)8-17(4)9-11(16(2)3)6-5-7-11;/h1,5-9H2,2-4H3;/q-1;+1. The van der Waals surface area contributed by atoms with Gasteiger partial charge in [-0.25, -0.2) is 0 Å². The molecule has 0 aromatic carbocycles. The van der Waals surface area contributed by atoms with E-state index in [9.17, 15) is 12.9 Å². The minimum Gasteiger partial charge on any atom is -0.445 e. The van der Waals surface area contributed by atoms with E-state index in [0.717, 1.165) is 19.3 Å². The summed E-state index contributed by atoms with van der Waals surface area (Å²) in [7, 11) is 5.72. The quantitative estimate of drug-likeness (QED) is 0.599. The zero-order valence-electron chi connectivity index (χ0n) is 11.8. The van der Waals surface area contributed by atoms with Gasteiger partial charge >= 0.3 is 58.4 Å². The predicted molar refractivity (Wildman–Crippen MR) is 66.0 cm³/mol. The van der Waals surface area contributed by atoms with Crippen molar-refractivity contribution in [2.75, 3.05) is 34.2 Å². The van der Waals surface area contributed by atoms with E-state index in [2.05, 4.69) is 11.5 Å². The van der Waals surface area contributed by atoms with Crippen molar-refractivity contribution in [2.24, 2.45) is 0 Å². The molecule has 1 aliphatic carbocycles. The van der Waals surface area contributed by atoms with Crippen LogP contribution in [0.15, 0.2) is 12.1 Å². The van der Waals surface area contributed by atoms with Crippen molar-refractivity contribution in [2.45, 2.75) is 24.8 Å². The van der Waals surface area contributed by atoms with Gasteiger partial charge in [-0.2, -0.15) is 0 Å². The average Bonchev–Trinajstić information content (AvgIpc) is 2.08. The number of halogens is 3. The Labute approximate surface area is 150 Å². The molecule has 0 bridgehead atoms. The fourth-order valence-electron chi connectivity index (χ4n) is 2.34. The van der Waals surface area contributed by atoms with Crippen LogP contribution in [0.4, 0.5) is 12.9 Å². The molecule has 0 amide bonds. The molecule has 2 nitrogen and oxygen atoms in total. The molecule has 0 unspecified atom stereocenters. The normalized spacial score (nSPS) is 18.4. The van der Waals surface area contributed by atoms with Gasteiger partial charge in [-0.3, -0.25) is 0 Å². The Balaban J connectivity index is 0.00000289. The topological polar surface area (TPSA) is 6.48 Å². The van der Waals surface area contributed by atoms with Crippen LogP contribution >= 0.6 is 0 Å². The second-order valence-electron chi connectivity index (χ2n) is 5.38. The molecule has 0 aromatic rings. The minimum absolute atomic E-state index is 0. The molecule has 0 aliphatic heterocycles. The first-order valence-electron chi connectivity index (χ1n) is 5.91. The first-order valence-corrected chi connectivity index (χ1v) is 5.91. The molecule has 0 aromatic heterocycles. The van der Waals surface area contributed by atoms with Crippen molar-refractivity contribution in [3.63, 3.8) is 0 Å². The summed E-state index contributed by atoms with van der Waals surface area (Å²) in [6.07, 6.45) is 3.29. The molecule has 0 radical (unpaired) electrons. The van der Waals surface area contributed by atoms with Crippen LogP contribution in [-0.4, -0.2) is 56.5 Å². The van der Waals surface area contributed by atoms with Gasteiger partial charge in [0.1, 0.15) is 0 Å². The molecular weight excluding hydrogens is 267 g/mol. The monoisotopic (exact) mass is 288 g/mol. The molecule has 18 heavy (non-hydrogen) atoms. The molecule has 0 spiro atoms. The minimum atomic E-state index is -4.90. The third-order valence-corrected chi connectivity index (χ3v) is 3.73. The molecule has 0 saturated heterocycles. The van der Waals surface area contributed by atoms with Gasteiger partial charge in [-0.1, -0.05) is 0 Å². The van der Waals surface area contributed by atoms with Crippen LogP contribution in [-0.2, 0) is 0 Å². The molecular formula is C11H21BF3KN2. The van der Waals surface area contributed by atoms with Crippen molar-refractivity contribution in [1.29, 1.82) is 0 Å². The summed E-state index contributed by atoms with van der Waals surface area (Å²) in [6.45, 7) is -1.18. The van der Waals surface area contributed by atoms with E-state index in [1.165, 1.54) is 0 Å². The van der Waals surface area contributed by atoms with E-state index >= 15 is 0 Å². The van der Waals surface area contributed by atoms with Crippen LogP contribution in [0.5, 0.6) is 0 Å². The van der Waals surface area contributed by atoms with Crippen molar-refractivity contribution < 1.29 is 64.3 Å². The zero-order valence-corrected chi connectivity index (χ0v) is 15.0. The first kappa shape index (κ1) is 19.2. The molecule has 1 saturated carbocycles. The SMILES string of the molecule is C=C(CN(C)CC1(N(C)C)CCC1)[B-](F)(F)F.[K+]. The second kappa shape index (κ2) is 7.24. The van der Waals surface area contributed by atoms with E-state index in [-0.39, 0.29) is 63.5 Å². The Morgan fingerprint density at radius 2 is 1.72 bits per heavy atom. The number of hydrogen-bond donors (Lipinski definition) is 0. The summed E-state index contributed by atoms with van der Waals surface area (Å²) in [5, 5.41) is 0. The summed E-state index contributed by atoms with van der Waals surface area (Å²) in [6, 6.07) is 0. The third kappa shape index (κ3) is 4.92. The Hall–Kier alpha value is 1.15. The molecule has 7 heteroatoms. The van der Waals surface area contributed by atoms with Gasteiger partial charge in [0.05, 0.1) is 0 Å². The van der Waals surface area contributed by atoms with Gasteiger partial charge in [0, 0.05) is 12.1 Å². The molecule has 0 atom stereocenters. The maximum atomic E-state index is 12.4. The maximum Gasteiger partial charge on any atom is 1.00 e. The molecule has 1 aliphatic rings. The van der Waals surface area contributed by atoms with Crippen LogP contribution in [0.2, 0.25) is 0 Å². The molecule has 100 valence electrons. The van der Waals surface area contributed by atoms with Crippen LogP contribution in [0.1, 0.15) is 19.3 Å². The predicted octanol–water partition coefficient (Wildman–Crippen LogP) is -0.651. The van der Waals surface area contributed by atoms with Crippen molar-refractivity contribution >= 4 is 6.98 Å². The fraction of sp³-hybridized carbons (Fsp3) is 0.818. The van der Waals surface area contributed by atoms with E-state index in [0.29, 0.717) is 6.54 Å². The molecule has 1 fully saturated rings. The summed E-state index contributed by atoms with van der Waals surface area (Å²) < 4.78 is 37.3. The summed E-state index contributed by atoms with van der Waals surface area (Å²) in [4.78, 5) is 3.87. The van der Waals surface area contributed by atoms with Crippen LogP contribution in [0.3, 0.4) is 0 Å². The van der Waals surface area contributed by atoms with Gasteiger partial charge in [0.15, 0.2) is 0 Å². The van der Waals surface area contributed by atoms with E-state index in [4.69, 9.17) is 0 Å². The fourth-order valence-corrected chi connectivity index (χ4v) is 2.34. The van der Waals surface area contributed by atoms with Crippen LogP contribution < -0.4 is 51.4 Å². The summed E-state index contributed by atoms with van der Waals surface area (Å²) in [5.41, 5.74) is -0.547. The van der Waals surface area contributed by atoms with Crippen molar-refractivity contribution in [3.05, 3.63) is 12.1 Å². The largest absolute Gasteiger partial charge is 1.00 e. The Kier molecular flexibility index (Phi) is 7.71. The maximum absolute atomic E-state index is 12.4. The van der Waals surface area contributed by atoms with Crippen LogP contribution in [0.25, 0.3) is 0 Å². The smallest absolute Gasteiger partial charge is 0.445 e. The molecule has 0 heterocycles. The number of nitrogens with zero attached hydrogens (tertiary/aromatic N) is 2. The Morgan fingerprint density at radius 1 is 1.22 bits per heavy atom. The van der Waals surface area contributed by atoms with E-state index in [1.54, 1.807) is 11.9 Å². The third-order valence-electron chi connectivity index (χ3n) is 3.73. The summed E-state index contributed by atoms with van der Waals surface area (Å²) >= 11 is 0. The van der Waals surface area contributed by atoms with Gasteiger partial charge in [-0.05, 0) is 47.0 Å². The van der Waals surface area contributed by atoms with Gasteiger partial charge in [0.25, 0.3) is 0 Å². The van der Waals surface area contributed by atoms with Gasteiger partial charge < -0.3 is 22.7 Å².